The summed E-state index contributed by atoms with van der Waals surface area (Å²) in [6, 6.07) is 3.68. The largest absolute Gasteiger partial charge is 0.348 e. The molecular weight excluding hydrogens is 304 g/mol. The van der Waals surface area contributed by atoms with Crippen LogP contribution in [0.4, 0.5) is 0 Å². The third-order valence-corrected chi connectivity index (χ3v) is 4.72. The van der Waals surface area contributed by atoms with Crippen LogP contribution in [0, 0.1) is 0 Å². The molecule has 92 valence electrons. The van der Waals surface area contributed by atoms with E-state index in [1.165, 1.54) is 0 Å². The summed E-state index contributed by atoms with van der Waals surface area (Å²) in [5.74, 6) is 1.18. The zero-order valence-corrected chi connectivity index (χ0v) is 11.6. The number of carbonyl (C=O) groups excluding carboxylic acids is 1. The Kier molecular flexibility index (Phi) is 4.28. The van der Waals surface area contributed by atoms with E-state index in [0.29, 0.717) is 21.7 Å². The van der Waals surface area contributed by atoms with Crippen LogP contribution >= 0.6 is 15.9 Å². The third-order valence-electron chi connectivity index (χ3n) is 2.70. The molecule has 0 bridgehead atoms. The van der Waals surface area contributed by atoms with E-state index in [1.807, 2.05) is 0 Å². The molecule has 0 saturated carbocycles. The molecule has 1 aromatic rings. The highest BCUT2D eigenvalue weighted by Crippen LogP contribution is 2.15. The van der Waals surface area contributed by atoms with Crippen LogP contribution in [0.5, 0.6) is 0 Å². The van der Waals surface area contributed by atoms with Crippen LogP contribution in [-0.2, 0) is 10.8 Å². The molecule has 1 aromatic heterocycles. The van der Waals surface area contributed by atoms with Crippen LogP contribution in [0.25, 0.3) is 0 Å². The van der Waals surface area contributed by atoms with E-state index in [2.05, 4.69) is 26.2 Å². The quantitative estimate of drug-likeness (QED) is 0.899. The summed E-state index contributed by atoms with van der Waals surface area (Å²) in [6.45, 7) is 0. The minimum absolute atomic E-state index is 0.120. The fourth-order valence-corrected chi connectivity index (χ4v) is 3.48. The molecular formula is C11H13BrN2O2S. The molecule has 4 nitrogen and oxygen atoms in total. The molecule has 0 unspecified atom stereocenters. The topological polar surface area (TPSA) is 59.1 Å². The summed E-state index contributed by atoms with van der Waals surface area (Å²) in [4.78, 5) is 16.0. The Labute approximate surface area is 111 Å². The maximum Gasteiger partial charge on any atom is 0.271 e. The van der Waals surface area contributed by atoms with E-state index < -0.39 is 10.8 Å². The monoisotopic (exact) mass is 316 g/mol. The van der Waals surface area contributed by atoms with E-state index in [4.69, 9.17) is 0 Å². The zero-order valence-electron chi connectivity index (χ0n) is 9.19. The summed E-state index contributed by atoms with van der Waals surface area (Å²) < 4.78 is 11.9. The first-order valence-corrected chi connectivity index (χ1v) is 7.71. The summed E-state index contributed by atoms with van der Waals surface area (Å²) in [5, 5.41) is 2.93. The first-order valence-electron chi connectivity index (χ1n) is 5.43. The zero-order chi connectivity index (χ0) is 12.3. The number of halogens is 1. The van der Waals surface area contributed by atoms with E-state index in [9.17, 15) is 9.00 Å². The second-order valence-electron chi connectivity index (χ2n) is 3.93. The van der Waals surface area contributed by atoms with Crippen molar-refractivity contribution < 1.29 is 9.00 Å². The Hall–Kier alpha value is -0.750. The van der Waals surface area contributed by atoms with Crippen LogP contribution in [0.2, 0.25) is 0 Å². The molecule has 1 amide bonds. The van der Waals surface area contributed by atoms with Crippen molar-refractivity contribution in [3.63, 3.8) is 0 Å². The molecule has 0 radical (unpaired) electrons. The third kappa shape index (κ3) is 3.35. The van der Waals surface area contributed by atoms with Gasteiger partial charge in [0.05, 0.1) is 0 Å². The fourth-order valence-electron chi connectivity index (χ4n) is 1.74. The van der Waals surface area contributed by atoms with Crippen molar-refractivity contribution in [2.45, 2.75) is 18.9 Å². The minimum atomic E-state index is -0.701. The first kappa shape index (κ1) is 12.7. The number of carbonyl (C=O) groups is 1. The van der Waals surface area contributed by atoms with Crippen LogP contribution in [-0.4, -0.2) is 32.6 Å². The molecule has 6 heteroatoms. The Balaban J connectivity index is 1.98. The van der Waals surface area contributed by atoms with Crippen molar-refractivity contribution in [3.8, 4) is 0 Å². The Morgan fingerprint density at radius 2 is 2.18 bits per heavy atom. The molecule has 0 atom stereocenters. The van der Waals surface area contributed by atoms with Gasteiger partial charge in [-0.2, -0.15) is 0 Å². The second-order valence-corrected chi connectivity index (χ2v) is 6.48. The number of aromatic nitrogens is 1. The van der Waals surface area contributed by atoms with E-state index in [0.717, 1.165) is 12.8 Å². The highest BCUT2D eigenvalue weighted by Gasteiger charge is 2.21. The number of nitrogens with one attached hydrogen (secondary N) is 1. The van der Waals surface area contributed by atoms with Gasteiger partial charge in [0, 0.05) is 39.0 Å². The lowest BCUT2D eigenvalue weighted by atomic mass is 10.1. The predicted molar refractivity (Wildman–Crippen MR) is 70.3 cm³/mol. The van der Waals surface area contributed by atoms with Gasteiger partial charge in [0.25, 0.3) is 5.91 Å². The van der Waals surface area contributed by atoms with Crippen molar-refractivity contribution in [2.75, 3.05) is 11.5 Å². The van der Waals surface area contributed by atoms with Crippen molar-refractivity contribution in [1.29, 1.82) is 0 Å². The van der Waals surface area contributed by atoms with Gasteiger partial charge in [-0.15, -0.1) is 0 Å². The highest BCUT2D eigenvalue weighted by molar-refractivity contribution is 9.10. The molecule has 1 fully saturated rings. The van der Waals surface area contributed by atoms with Gasteiger partial charge in [0.2, 0.25) is 0 Å². The van der Waals surface area contributed by atoms with Crippen LogP contribution in [0.15, 0.2) is 22.8 Å². The number of hydrogen-bond acceptors (Lipinski definition) is 3. The maximum atomic E-state index is 11.9. The number of nitrogens with zero attached hydrogens (tertiary/aromatic N) is 1. The lowest BCUT2D eigenvalue weighted by molar-refractivity contribution is 0.0928. The normalized spacial score (nSPS) is 24.3. The van der Waals surface area contributed by atoms with Gasteiger partial charge in [-0.05, 0) is 40.9 Å². The number of rotatable bonds is 2. The molecule has 1 aliphatic heterocycles. The highest BCUT2D eigenvalue weighted by atomic mass is 79.9. The molecule has 1 N–H and O–H groups in total. The summed E-state index contributed by atoms with van der Waals surface area (Å²) in [7, 11) is -0.701. The SMILES string of the molecule is O=C(NC1CCS(=O)CC1)c1ncccc1Br. The van der Waals surface area contributed by atoms with Crippen LogP contribution in [0.3, 0.4) is 0 Å². The number of hydrogen-bond donors (Lipinski definition) is 1. The van der Waals surface area contributed by atoms with E-state index in [1.54, 1.807) is 18.3 Å². The van der Waals surface area contributed by atoms with E-state index in [-0.39, 0.29) is 11.9 Å². The summed E-state index contributed by atoms with van der Waals surface area (Å²) in [5.41, 5.74) is 0.402. The van der Waals surface area contributed by atoms with Gasteiger partial charge in [-0.25, -0.2) is 4.98 Å². The van der Waals surface area contributed by atoms with Crippen LogP contribution in [0.1, 0.15) is 23.3 Å². The number of pyridine rings is 1. The molecule has 2 heterocycles. The van der Waals surface area contributed by atoms with Gasteiger partial charge in [-0.1, -0.05) is 0 Å². The molecule has 2 rings (SSSR count). The minimum Gasteiger partial charge on any atom is -0.348 e. The van der Waals surface area contributed by atoms with Crippen molar-refractivity contribution in [1.82, 2.24) is 10.3 Å². The molecule has 0 aromatic carbocycles. The Bertz CT molecular complexity index is 443. The van der Waals surface area contributed by atoms with E-state index >= 15 is 0 Å². The van der Waals surface area contributed by atoms with Gasteiger partial charge in [0.15, 0.2) is 0 Å². The summed E-state index contributed by atoms with van der Waals surface area (Å²) in [6.07, 6.45) is 3.15. The lowest BCUT2D eigenvalue weighted by Gasteiger charge is -2.22. The average molecular weight is 317 g/mol. The van der Waals surface area contributed by atoms with Crippen molar-refractivity contribution in [3.05, 3.63) is 28.5 Å². The van der Waals surface area contributed by atoms with Crippen molar-refractivity contribution in [2.24, 2.45) is 0 Å². The predicted octanol–water partition coefficient (Wildman–Crippen LogP) is 1.48. The maximum absolute atomic E-state index is 11.9. The van der Waals surface area contributed by atoms with Crippen molar-refractivity contribution >= 4 is 32.6 Å². The Morgan fingerprint density at radius 1 is 1.47 bits per heavy atom. The van der Waals surface area contributed by atoms with Gasteiger partial charge >= 0.3 is 0 Å². The molecule has 0 aliphatic carbocycles. The molecule has 0 spiro atoms. The van der Waals surface area contributed by atoms with Gasteiger partial charge in [0.1, 0.15) is 5.69 Å². The smallest absolute Gasteiger partial charge is 0.271 e. The lowest BCUT2D eigenvalue weighted by Crippen LogP contribution is -2.40. The van der Waals surface area contributed by atoms with Gasteiger partial charge < -0.3 is 5.32 Å². The average Bonchev–Trinajstić information content (AvgIpc) is 2.32. The molecule has 17 heavy (non-hydrogen) atoms. The fraction of sp³-hybridized carbons (Fsp3) is 0.455. The second kappa shape index (κ2) is 5.73. The molecule has 1 aliphatic rings. The number of amides is 1. The molecule has 1 saturated heterocycles. The summed E-state index contributed by atoms with van der Waals surface area (Å²) >= 11 is 3.30. The van der Waals surface area contributed by atoms with Crippen LogP contribution < -0.4 is 5.32 Å². The first-order chi connectivity index (χ1) is 8.16. The van der Waals surface area contributed by atoms with Gasteiger partial charge in [-0.3, -0.25) is 9.00 Å². The standard InChI is InChI=1S/C11H13BrN2O2S/c12-9-2-1-5-13-10(9)11(15)14-8-3-6-17(16)7-4-8/h1-2,5,8H,3-4,6-7H2,(H,14,15). The Morgan fingerprint density at radius 3 is 2.82 bits per heavy atom.